The summed E-state index contributed by atoms with van der Waals surface area (Å²) in [5, 5.41) is 16.1. The normalized spacial score (nSPS) is 18.9. The van der Waals surface area contributed by atoms with Crippen molar-refractivity contribution >= 4 is 81.2 Å². The van der Waals surface area contributed by atoms with Crippen LogP contribution < -0.4 is 10.6 Å². The maximum atomic E-state index is 13.6. The molecule has 3 aromatic rings. The highest BCUT2D eigenvalue weighted by molar-refractivity contribution is 6.53. The lowest BCUT2D eigenvalue weighted by molar-refractivity contribution is -0.117. The fourth-order valence-corrected chi connectivity index (χ4v) is 5.58. The van der Waals surface area contributed by atoms with Crippen LogP contribution in [0.25, 0.3) is 0 Å². The van der Waals surface area contributed by atoms with Gasteiger partial charge in [0.25, 0.3) is 5.91 Å². The van der Waals surface area contributed by atoms with E-state index in [0.717, 1.165) is 12.1 Å². The zero-order valence-electron chi connectivity index (χ0n) is 18.5. The molecule has 1 aliphatic rings. The van der Waals surface area contributed by atoms with Crippen LogP contribution in [0.2, 0.25) is 15.1 Å². The topological polar surface area (TPSA) is 78.4 Å². The van der Waals surface area contributed by atoms with Gasteiger partial charge >= 0.3 is 0 Å². The Morgan fingerprint density at radius 1 is 0.972 bits per heavy atom. The standard InChI is InChI=1S/C25H18Cl5FN2O3/c1-11(34)17-9-15(31)2-5-20(17)33-23(35)18-10-16(3-4-19(18)28)32-24(36)22-21(25(22,29)30)12-6-13(26)8-14(27)7-12/h2-11,21-22,34H,1H3,(H,32,36)(H,33,35). The average molecular weight is 591 g/mol. The average Bonchev–Trinajstić information content (AvgIpc) is 3.37. The summed E-state index contributed by atoms with van der Waals surface area (Å²) in [4.78, 5) is 25.9. The van der Waals surface area contributed by atoms with Crippen LogP contribution in [0.5, 0.6) is 0 Å². The first-order chi connectivity index (χ1) is 16.9. The quantitative estimate of drug-likeness (QED) is 0.259. The summed E-state index contributed by atoms with van der Waals surface area (Å²) in [6.45, 7) is 1.45. The zero-order valence-corrected chi connectivity index (χ0v) is 22.2. The summed E-state index contributed by atoms with van der Waals surface area (Å²) < 4.78 is 12.2. The highest BCUT2D eigenvalue weighted by Crippen LogP contribution is 2.65. The van der Waals surface area contributed by atoms with Gasteiger partial charge in [-0.3, -0.25) is 9.59 Å². The molecule has 3 atom stereocenters. The van der Waals surface area contributed by atoms with Gasteiger partial charge in [-0.05, 0) is 67.1 Å². The lowest BCUT2D eigenvalue weighted by Gasteiger charge is -2.14. The SMILES string of the molecule is CC(O)c1cc(F)ccc1NC(=O)c1cc(NC(=O)C2C(c3cc(Cl)cc(Cl)c3)C2(Cl)Cl)ccc1Cl. The van der Waals surface area contributed by atoms with Crippen LogP contribution >= 0.6 is 58.0 Å². The van der Waals surface area contributed by atoms with Gasteiger partial charge in [0.05, 0.1) is 22.6 Å². The fraction of sp³-hybridized carbons (Fsp3) is 0.200. The van der Waals surface area contributed by atoms with E-state index in [0.29, 0.717) is 15.6 Å². The van der Waals surface area contributed by atoms with Gasteiger partial charge in [0, 0.05) is 32.9 Å². The number of carbonyl (C=O) groups excluding carboxylic acids is 2. The van der Waals surface area contributed by atoms with Crippen LogP contribution in [-0.4, -0.2) is 21.3 Å². The molecule has 1 saturated carbocycles. The number of nitrogens with one attached hydrogen (secondary N) is 2. The van der Waals surface area contributed by atoms with Gasteiger partial charge in [0.2, 0.25) is 5.91 Å². The second-order valence-corrected chi connectivity index (χ2v) is 11.1. The summed E-state index contributed by atoms with van der Waals surface area (Å²) in [6, 6.07) is 12.8. The lowest BCUT2D eigenvalue weighted by atomic mass is 10.1. The van der Waals surface area contributed by atoms with E-state index in [1.807, 2.05) is 0 Å². The highest BCUT2D eigenvalue weighted by Gasteiger charge is 2.67. The van der Waals surface area contributed by atoms with E-state index in [9.17, 15) is 19.1 Å². The molecular weight excluding hydrogens is 573 g/mol. The summed E-state index contributed by atoms with van der Waals surface area (Å²) in [7, 11) is 0. The van der Waals surface area contributed by atoms with Gasteiger partial charge in [-0.2, -0.15) is 0 Å². The van der Waals surface area contributed by atoms with Gasteiger partial charge < -0.3 is 15.7 Å². The van der Waals surface area contributed by atoms with Crippen LogP contribution in [0, 0.1) is 11.7 Å². The van der Waals surface area contributed by atoms with Crippen molar-refractivity contribution in [3.63, 3.8) is 0 Å². The van der Waals surface area contributed by atoms with Crippen LogP contribution in [0.15, 0.2) is 54.6 Å². The number of hydrogen-bond acceptors (Lipinski definition) is 3. The number of aliphatic hydroxyl groups is 1. The van der Waals surface area contributed by atoms with E-state index in [2.05, 4.69) is 10.6 Å². The van der Waals surface area contributed by atoms with Crippen molar-refractivity contribution in [3.8, 4) is 0 Å². The Labute approximate surface area is 231 Å². The van der Waals surface area contributed by atoms with Crippen LogP contribution in [0.1, 0.15) is 40.4 Å². The van der Waals surface area contributed by atoms with Crippen molar-refractivity contribution in [2.45, 2.75) is 23.3 Å². The van der Waals surface area contributed by atoms with Crippen LogP contribution in [-0.2, 0) is 4.79 Å². The Balaban J connectivity index is 1.53. The Morgan fingerprint density at radius 3 is 2.28 bits per heavy atom. The molecule has 0 spiro atoms. The van der Waals surface area contributed by atoms with Gasteiger partial charge in [0.1, 0.15) is 10.2 Å². The first-order valence-electron chi connectivity index (χ1n) is 10.6. The van der Waals surface area contributed by atoms with E-state index in [1.54, 1.807) is 18.2 Å². The van der Waals surface area contributed by atoms with Crippen molar-refractivity contribution in [2.75, 3.05) is 10.6 Å². The van der Waals surface area contributed by atoms with Gasteiger partial charge in [-0.25, -0.2) is 4.39 Å². The van der Waals surface area contributed by atoms with Crippen molar-refractivity contribution in [1.29, 1.82) is 0 Å². The molecule has 0 aliphatic heterocycles. The molecule has 1 aliphatic carbocycles. The Kier molecular flexibility index (Phi) is 7.77. The van der Waals surface area contributed by atoms with E-state index < -0.39 is 39.9 Å². The Morgan fingerprint density at radius 2 is 1.64 bits per heavy atom. The molecule has 3 aromatic carbocycles. The first kappa shape index (κ1) is 27.0. The summed E-state index contributed by atoms with van der Waals surface area (Å²) in [5.74, 6) is -2.98. The van der Waals surface area contributed by atoms with Gasteiger partial charge in [-0.15, -0.1) is 23.2 Å². The monoisotopic (exact) mass is 588 g/mol. The molecule has 0 radical (unpaired) electrons. The number of aliphatic hydroxyl groups excluding tert-OH is 1. The summed E-state index contributed by atoms with van der Waals surface area (Å²) >= 11 is 31.2. The number of anilines is 2. The van der Waals surface area contributed by atoms with Crippen molar-refractivity contribution in [3.05, 3.63) is 92.2 Å². The molecule has 0 heterocycles. The number of rotatable bonds is 6. The fourth-order valence-electron chi connectivity index (χ4n) is 4.00. The molecule has 3 unspecified atom stereocenters. The molecule has 188 valence electrons. The van der Waals surface area contributed by atoms with E-state index in [1.165, 1.54) is 31.2 Å². The second-order valence-electron chi connectivity index (χ2n) is 8.38. The van der Waals surface area contributed by atoms with Crippen LogP contribution in [0.3, 0.4) is 0 Å². The van der Waals surface area contributed by atoms with Crippen LogP contribution in [0.4, 0.5) is 15.8 Å². The molecular formula is C25H18Cl5FN2O3. The molecule has 4 rings (SSSR count). The van der Waals surface area contributed by atoms with E-state index in [4.69, 9.17) is 58.0 Å². The third-order valence-corrected chi connectivity index (χ3v) is 7.48. The second kappa shape index (κ2) is 10.4. The summed E-state index contributed by atoms with van der Waals surface area (Å²) in [5.41, 5.74) is 1.38. The zero-order chi connectivity index (χ0) is 26.4. The number of carbonyl (C=O) groups is 2. The number of hydrogen-bond donors (Lipinski definition) is 3. The number of amides is 2. The number of alkyl halides is 2. The number of benzene rings is 3. The van der Waals surface area contributed by atoms with Crippen molar-refractivity contribution in [2.24, 2.45) is 5.92 Å². The molecule has 2 amide bonds. The third-order valence-electron chi connectivity index (χ3n) is 5.77. The predicted octanol–water partition coefficient (Wildman–Crippen LogP) is 7.62. The highest BCUT2D eigenvalue weighted by atomic mass is 35.5. The molecule has 11 heteroatoms. The largest absolute Gasteiger partial charge is 0.389 e. The molecule has 1 fully saturated rings. The number of halogens is 6. The third kappa shape index (κ3) is 5.59. The smallest absolute Gasteiger partial charge is 0.257 e. The molecule has 36 heavy (non-hydrogen) atoms. The van der Waals surface area contributed by atoms with Crippen molar-refractivity contribution < 1.29 is 19.1 Å². The predicted molar refractivity (Wildman–Crippen MR) is 142 cm³/mol. The minimum absolute atomic E-state index is 0.0484. The maximum Gasteiger partial charge on any atom is 0.257 e. The molecule has 0 saturated heterocycles. The summed E-state index contributed by atoms with van der Waals surface area (Å²) in [6.07, 6.45) is -1.02. The molecule has 0 aromatic heterocycles. The lowest BCUT2D eigenvalue weighted by Crippen LogP contribution is -2.18. The molecule has 0 bridgehead atoms. The minimum atomic E-state index is -1.37. The van der Waals surface area contributed by atoms with Gasteiger partial charge in [-0.1, -0.05) is 34.8 Å². The van der Waals surface area contributed by atoms with Gasteiger partial charge in [0.15, 0.2) is 0 Å². The minimum Gasteiger partial charge on any atom is -0.389 e. The molecule has 5 nitrogen and oxygen atoms in total. The maximum absolute atomic E-state index is 13.6. The Hall–Kier alpha value is -2.06. The Bertz CT molecular complexity index is 1350. The molecule has 3 N–H and O–H groups in total. The van der Waals surface area contributed by atoms with Crippen molar-refractivity contribution in [1.82, 2.24) is 0 Å². The van der Waals surface area contributed by atoms with E-state index in [-0.39, 0.29) is 27.5 Å². The van der Waals surface area contributed by atoms with E-state index >= 15 is 0 Å². The first-order valence-corrected chi connectivity index (χ1v) is 12.5.